The van der Waals surface area contributed by atoms with Crippen LogP contribution >= 0.6 is 11.6 Å². The normalized spacial score (nSPS) is 11.9. The van der Waals surface area contributed by atoms with Crippen molar-refractivity contribution in [3.8, 4) is 0 Å². The molecule has 0 aliphatic rings. The van der Waals surface area contributed by atoms with Crippen molar-refractivity contribution >= 4 is 21.6 Å². The van der Waals surface area contributed by atoms with E-state index in [1.54, 1.807) is 6.07 Å². The van der Waals surface area contributed by atoms with E-state index in [1.807, 2.05) is 0 Å². The van der Waals surface area contributed by atoms with Crippen LogP contribution in [0.3, 0.4) is 0 Å². The van der Waals surface area contributed by atoms with Crippen LogP contribution in [-0.4, -0.2) is 50.4 Å². The number of hydrogen-bond acceptors (Lipinski definition) is 4. The third-order valence-corrected chi connectivity index (χ3v) is 4.20. The summed E-state index contributed by atoms with van der Waals surface area (Å²) < 4.78 is 30.6. The van der Waals surface area contributed by atoms with Gasteiger partial charge in [0, 0.05) is 38.5 Å². The highest BCUT2D eigenvalue weighted by Gasteiger charge is 2.23. The lowest BCUT2D eigenvalue weighted by atomic mass is 10.5. The Kier molecular flexibility index (Phi) is 5.84. The number of aromatic nitrogens is 1. The maximum Gasteiger partial charge on any atom is 0.244 e. The molecule has 0 radical (unpaired) electrons. The smallest absolute Gasteiger partial charge is 0.244 e. The minimum atomic E-state index is -3.53. The van der Waals surface area contributed by atoms with Gasteiger partial charge in [0.05, 0.1) is 6.61 Å². The van der Waals surface area contributed by atoms with Crippen LogP contribution in [0.4, 0.5) is 0 Å². The Morgan fingerprint density at radius 3 is 2.76 bits per heavy atom. The number of methoxy groups -OCH3 is 1. The molecule has 0 fully saturated rings. The Morgan fingerprint density at radius 1 is 1.47 bits per heavy atom. The summed E-state index contributed by atoms with van der Waals surface area (Å²) in [4.78, 5) is 3.97. The number of halogens is 1. The molecule has 0 bridgehead atoms. The molecule has 1 aromatic heterocycles. The zero-order valence-corrected chi connectivity index (χ0v) is 11.1. The fraction of sp³-hybridized carbons (Fsp3) is 0.500. The standard InChI is InChI=1S/C10H15ClN2O3S/c1-16-8-7-13(6-4-11)17(14,15)10-3-2-5-12-9-10/h2-3,5,9H,4,6-8H2,1H3. The van der Waals surface area contributed by atoms with E-state index in [2.05, 4.69) is 4.98 Å². The summed E-state index contributed by atoms with van der Waals surface area (Å²) in [5, 5.41) is 0. The summed E-state index contributed by atoms with van der Waals surface area (Å²) in [6.45, 7) is 0.860. The molecule has 0 unspecified atom stereocenters. The van der Waals surface area contributed by atoms with Crippen molar-refractivity contribution in [3.05, 3.63) is 24.5 Å². The van der Waals surface area contributed by atoms with Gasteiger partial charge in [0.15, 0.2) is 0 Å². The van der Waals surface area contributed by atoms with Gasteiger partial charge in [-0.15, -0.1) is 11.6 Å². The first-order valence-corrected chi connectivity index (χ1v) is 7.05. The van der Waals surface area contributed by atoms with Crippen LogP contribution in [-0.2, 0) is 14.8 Å². The maximum atomic E-state index is 12.2. The Bertz CT molecular complexity index is 424. The lowest BCUT2D eigenvalue weighted by Crippen LogP contribution is -2.35. The molecule has 5 nitrogen and oxygen atoms in total. The van der Waals surface area contributed by atoms with Crippen molar-refractivity contribution < 1.29 is 13.2 Å². The third kappa shape index (κ3) is 3.92. The van der Waals surface area contributed by atoms with E-state index in [9.17, 15) is 8.42 Å². The van der Waals surface area contributed by atoms with Gasteiger partial charge in [0.1, 0.15) is 4.90 Å². The lowest BCUT2D eigenvalue weighted by Gasteiger charge is -2.20. The molecule has 17 heavy (non-hydrogen) atoms. The molecule has 1 rings (SSSR count). The highest BCUT2D eigenvalue weighted by Crippen LogP contribution is 2.13. The number of alkyl halides is 1. The van der Waals surface area contributed by atoms with Gasteiger partial charge in [0.25, 0.3) is 0 Å². The number of hydrogen-bond donors (Lipinski definition) is 0. The molecule has 0 aromatic carbocycles. The fourth-order valence-corrected chi connectivity index (χ4v) is 2.98. The first kappa shape index (κ1) is 14.4. The highest BCUT2D eigenvalue weighted by molar-refractivity contribution is 7.89. The zero-order valence-electron chi connectivity index (χ0n) is 9.54. The first-order chi connectivity index (χ1) is 8.12. The van der Waals surface area contributed by atoms with Crippen molar-refractivity contribution in [1.29, 1.82) is 0 Å². The summed E-state index contributed by atoms with van der Waals surface area (Å²) in [5.41, 5.74) is 0. The molecule has 0 saturated heterocycles. The average Bonchev–Trinajstić information content (AvgIpc) is 2.35. The van der Waals surface area contributed by atoms with Crippen LogP contribution < -0.4 is 0 Å². The van der Waals surface area contributed by atoms with E-state index in [-0.39, 0.29) is 23.9 Å². The molecule has 1 aromatic rings. The monoisotopic (exact) mass is 278 g/mol. The van der Waals surface area contributed by atoms with Gasteiger partial charge in [0.2, 0.25) is 10.0 Å². The Balaban J connectivity index is 2.92. The third-order valence-electron chi connectivity index (χ3n) is 2.15. The number of nitrogens with zero attached hydrogens (tertiary/aromatic N) is 2. The molecule has 7 heteroatoms. The van der Waals surface area contributed by atoms with Gasteiger partial charge in [-0.1, -0.05) is 0 Å². The Hall–Kier alpha value is -0.690. The summed E-state index contributed by atoms with van der Waals surface area (Å²) in [7, 11) is -2.01. The van der Waals surface area contributed by atoms with Crippen LogP contribution in [0.5, 0.6) is 0 Å². The molecule has 0 aliphatic carbocycles. The molecule has 0 atom stereocenters. The summed E-state index contributed by atoms with van der Waals surface area (Å²) in [5.74, 6) is 0.239. The van der Waals surface area contributed by atoms with Crippen LogP contribution in [0, 0.1) is 0 Å². The fourth-order valence-electron chi connectivity index (χ4n) is 1.29. The number of rotatable bonds is 7. The van der Waals surface area contributed by atoms with Crippen LogP contribution in [0.15, 0.2) is 29.4 Å². The Morgan fingerprint density at radius 2 is 2.24 bits per heavy atom. The second-order valence-corrected chi connectivity index (χ2v) is 5.59. The second-order valence-electron chi connectivity index (χ2n) is 3.27. The van der Waals surface area contributed by atoms with E-state index < -0.39 is 10.0 Å². The van der Waals surface area contributed by atoms with Gasteiger partial charge in [-0.3, -0.25) is 4.98 Å². The average molecular weight is 279 g/mol. The number of ether oxygens (including phenoxy) is 1. The van der Waals surface area contributed by atoms with Crippen LogP contribution in [0.2, 0.25) is 0 Å². The van der Waals surface area contributed by atoms with E-state index in [4.69, 9.17) is 16.3 Å². The van der Waals surface area contributed by atoms with Crippen molar-refractivity contribution in [2.75, 3.05) is 32.7 Å². The summed E-state index contributed by atoms with van der Waals surface area (Å²) in [6.07, 6.45) is 2.85. The van der Waals surface area contributed by atoms with Gasteiger partial charge in [-0.05, 0) is 12.1 Å². The summed E-state index contributed by atoms with van der Waals surface area (Å²) >= 11 is 5.61. The van der Waals surface area contributed by atoms with Crippen molar-refractivity contribution in [3.63, 3.8) is 0 Å². The molecular weight excluding hydrogens is 264 g/mol. The Labute approximate surface area is 106 Å². The largest absolute Gasteiger partial charge is 0.383 e. The van der Waals surface area contributed by atoms with E-state index in [0.29, 0.717) is 6.61 Å². The minimum Gasteiger partial charge on any atom is -0.383 e. The second kappa shape index (κ2) is 6.90. The predicted molar refractivity (Wildman–Crippen MR) is 65.6 cm³/mol. The van der Waals surface area contributed by atoms with E-state index in [0.717, 1.165) is 0 Å². The van der Waals surface area contributed by atoms with Gasteiger partial charge < -0.3 is 4.74 Å². The van der Waals surface area contributed by atoms with Crippen molar-refractivity contribution in [2.24, 2.45) is 0 Å². The quantitative estimate of drug-likeness (QED) is 0.697. The SMILES string of the molecule is COCCN(CCCl)S(=O)(=O)c1cccnc1. The van der Waals surface area contributed by atoms with Gasteiger partial charge in [-0.2, -0.15) is 4.31 Å². The van der Waals surface area contributed by atoms with Crippen molar-refractivity contribution in [2.45, 2.75) is 4.90 Å². The molecule has 96 valence electrons. The van der Waals surface area contributed by atoms with Crippen molar-refractivity contribution in [1.82, 2.24) is 9.29 Å². The topological polar surface area (TPSA) is 59.5 Å². The van der Waals surface area contributed by atoms with Crippen LogP contribution in [0.1, 0.15) is 0 Å². The maximum absolute atomic E-state index is 12.2. The van der Waals surface area contributed by atoms with Gasteiger partial charge in [-0.25, -0.2) is 8.42 Å². The summed E-state index contributed by atoms with van der Waals surface area (Å²) in [6, 6.07) is 3.10. The molecular formula is C10H15ClN2O3S. The first-order valence-electron chi connectivity index (χ1n) is 5.08. The predicted octanol–water partition coefficient (Wildman–Crippen LogP) is 0.958. The van der Waals surface area contributed by atoms with E-state index in [1.165, 1.54) is 29.9 Å². The highest BCUT2D eigenvalue weighted by atomic mass is 35.5. The molecule has 0 aliphatic heterocycles. The van der Waals surface area contributed by atoms with Gasteiger partial charge >= 0.3 is 0 Å². The minimum absolute atomic E-state index is 0.168. The zero-order chi connectivity index (χ0) is 12.7. The molecule has 0 amide bonds. The molecule has 0 N–H and O–H groups in total. The molecule has 0 saturated carbocycles. The van der Waals surface area contributed by atoms with E-state index >= 15 is 0 Å². The molecule has 0 spiro atoms. The number of pyridine rings is 1. The number of sulfonamides is 1. The van der Waals surface area contributed by atoms with Crippen LogP contribution in [0.25, 0.3) is 0 Å². The molecule has 1 heterocycles. The lowest BCUT2D eigenvalue weighted by molar-refractivity contribution is 0.180.